The number of aliphatic hydroxyl groups excluding tert-OH is 1. The van der Waals surface area contributed by atoms with Gasteiger partial charge in [0.15, 0.2) is 0 Å². The van der Waals surface area contributed by atoms with Crippen LogP contribution in [0.5, 0.6) is 0 Å². The summed E-state index contributed by atoms with van der Waals surface area (Å²) in [6, 6.07) is 3.00. The maximum atomic E-state index is 12.0. The van der Waals surface area contributed by atoms with Crippen molar-refractivity contribution in [2.75, 3.05) is 6.61 Å². The molecule has 0 aromatic carbocycles. The van der Waals surface area contributed by atoms with E-state index in [1.54, 1.807) is 6.07 Å². The molecule has 0 unspecified atom stereocenters. The van der Waals surface area contributed by atoms with Crippen LogP contribution in [-0.4, -0.2) is 28.6 Å². The molecular weight excluding hydrogens is 252 g/mol. The van der Waals surface area contributed by atoms with Crippen LogP contribution in [-0.2, 0) is 6.42 Å². The molecule has 2 N–H and O–H groups in total. The van der Waals surface area contributed by atoms with E-state index < -0.39 is 0 Å². The molecule has 0 spiro atoms. The third kappa shape index (κ3) is 3.96. The summed E-state index contributed by atoms with van der Waals surface area (Å²) >= 11 is 5.87. The Hall–Kier alpha value is -1.13. The average molecular weight is 271 g/mol. The van der Waals surface area contributed by atoms with Crippen molar-refractivity contribution in [3.8, 4) is 0 Å². The van der Waals surface area contributed by atoms with E-state index in [0.717, 1.165) is 5.69 Å². The van der Waals surface area contributed by atoms with Gasteiger partial charge in [0.05, 0.1) is 12.6 Å². The molecular formula is C13H19ClN2O2. The molecule has 0 radical (unpaired) electrons. The lowest BCUT2D eigenvalue weighted by atomic mass is 10.0. The molecule has 0 fully saturated rings. The molecule has 1 amide bonds. The lowest BCUT2D eigenvalue weighted by Crippen LogP contribution is -2.41. The van der Waals surface area contributed by atoms with Crippen LogP contribution in [0, 0.1) is 5.92 Å². The number of aromatic nitrogens is 1. The van der Waals surface area contributed by atoms with E-state index in [-0.39, 0.29) is 24.5 Å². The maximum Gasteiger partial charge on any atom is 0.251 e. The molecule has 1 rings (SSSR count). The van der Waals surface area contributed by atoms with Crippen molar-refractivity contribution in [3.63, 3.8) is 0 Å². The number of rotatable bonds is 5. The van der Waals surface area contributed by atoms with Crippen molar-refractivity contribution in [1.82, 2.24) is 10.3 Å². The van der Waals surface area contributed by atoms with Gasteiger partial charge in [-0.2, -0.15) is 0 Å². The van der Waals surface area contributed by atoms with Gasteiger partial charge in [-0.1, -0.05) is 32.4 Å². The topological polar surface area (TPSA) is 62.2 Å². The first-order valence-electron chi connectivity index (χ1n) is 6.06. The van der Waals surface area contributed by atoms with Gasteiger partial charge >= 0.3 is 0 Å². The molecule has 0 aliphatic rings. The Morgan fingerprint density at radius 2 is 2.17 bits per heavy atom. The van der Waals surface area contributed by atoms with Crippen molar-refractivity contribution in [1.29, 1.82) is 0 Å². The highest BCUT2D eigenvalue weighted by atomic mass is 35.5. The number of nitrogens with one attached hydrogen (secondary N) is 1. The molecule has 1 atom stereocenters. The van der Waals surface area contributed by atoms with E-state index in [0.29, 0.717) is 17.1 Å². The zero-order valence-electron chi connectivity index (χ0n) is 10.9. The van der Waals surface area contributed by atoms with E-state index in [1.807, 2.05) is 20.8 Å². The lowest BCUT2D eigenvalue weighted by Gasteiger charge is -2.20. The average Bonchev–Trinajstić information content (AvgIpc) is 2.34. The van der Waals surface area contributed by atoms with Crippen molar-refractivity contribution < 1.29 is 9.90 Å². The van der Waals surface area contributed by atoms with E-state index in [9.17, 15) is 9.90 Å². The van der Waals surface area contributed by atoms with Gasteiger partial charge in [-0.05, 0) is 24.5 Å². The van der Waals surface area contributed by atoms with Gasteiger partial charge in [0, 0.05) is 11.3 Å². The lowest BCUT2D eigenvalue weighted by molar-refractivity contribution is 0.0896. The zero-order valence-corrected chi connectivity index (χ0v) is 11.7. The Bertz CT molecular complexity index is 421. The van der Waals surface area contributed by atoms with Gasteiger partial charge in [-0.15, -0.1) is 0 Å². The molecule has 18 heavy (non-hydrogen) atoms. The largest absolute Gasteiger partial charge is 0.394 e. The number of hydrogen-bond acceptors (Lipinski definition) is 3. The molecule has 100 valence electrons. The fourth-order valence-corrected chi connectivity index (χ4v) is 1.76. The van der Waals surface area contributed by atoms with Crippen molar-refractivity contribution in [2.45, 2.75) is 33.2 Å². The molecule has 1 heterocycles. The standard InChI is InChI=1S/C13H19ClN2O2/c1-4-10-5-9(6-12(14)15-10)13(18)16-11(7-17)8(2)3/h5-6,8,11,17H,4,7H2,1-3H3,(H,16,18)/t11-/m1/s1. The number of carbonyl (C=O) groups is 1. The Kier molecular flexibility index (Phi) is 5.56. The molecule has 0 aliphatic heterocycles. The number of amides is 1. The van der Waals surface area contributed by atoms with Gasteiger partial charge in [0.25, 0.3) is 5.91 Å². The maximum absolute atomic E-state index is 12.0. The van der Waals surface area contributed by atoms with Gasteiger partial charge < -0.3 is 10.4 Å². The molecule has 4 nitrogen and oxygen atoms in total. The van der Waals surface area contributed by atoms with Crippen molar-refractivity contribution in [3.05, 3.63) is 28.5 Å². The summed E-state index contributed by atoms with van der Waals surface area (Å²) in [5, 5.41) is 12.3. The predicted octanol–water partition coefficient (Wildman–Crippen LogP) is 2.04. The first-order valence-corrected chi connectivity index (χ1v) is 6.43. The summed E-state index contributed by atoms with van der Waals surface area (Å²) in [5.41, 5.74) is 1.25. The third-order valence-corrected chi connectivity index (χ3v) is 2.98. The van der Waals surface area contributed by atoms with E-state index >= 15 is 0 Å². The highest BCUT2D eigenvalue weighted by molar-refractivity contribution is 6.29. The fraction of sp³-hybridized carbons (Fsp3) is 0.538. The SMILES string of the molecule is CCc1cc(C(=O)N[C@H](CO)C(C)C)cc(Cl)n1. The van der Waals surface area contributed by atoms with Crippen LogP contribution >= 0.6 is 11.6 Å². The first kappa shape index (κ1) is 14.9. The highest BCUT2D eigenvalue weighted by Crippen LogP contribution is 2.12. The molecule has 5 heteroatoms. The summed E-state index contributed by atoms with van der Waals surface area (Å²) < 4.78 is 0. The second kappa shape index (κ2) is 6.71. The number of aliphatic hydroxyl groups is 1. The Morgan fingerprint density at radius 1 is 1.50 bits per heavy atom. The van der Waals surface area contributed by atoms with Gasteiger partial charge in [-0.3, -0.25) is 4.79 Å². The number of aryl methyl sites for hydroxylation is 1. The Morgan fingerprint density at radius 3 is 2.67 bits per heavy atom. The molecule has 0 saturated carbocycles. The number of halogens is 1. The molecule has 0 saturated heterocycles. The Balaban J connectivity index is 2.86. The first-order chi connectivity index (χ1) is 8.47. The quantitative estimate of drug-likeness (QED) is 0.805. The van der Waals surface area contributed by atoms with Gasteiger partial charge in [0.1, 0.15) is 5.15 Å². The molecule has 1 aromatic rings. The van der Waals surface area contributed by atoms with Crippen molar-refractivity contribution in [2.24, 2.45) is 5.92 Å². The van der Waals surface area contributed by atoms with Gasteiger partial charge in [-0.25, -0.2) is 4.98 Å². The monoisotopic (exact) mass is 270 g/mol. The minimum Gasteiger partial charge on any atom is -0.394 e. The van der Waals surface area contributed by atoms with Crippen LogP contribution in [0.15, 0.2) is 12.1 Å². The van der Waals surface area contributed by atoms with Crippen LogP contribution < -0.4 is 5.32 Å². The summed E-state index contributed by atoms with van der Waals surface area (Å²) in [6.07, 6.45) is 0.717. The molecule has 0 aliphatic carbocycles. The van der Waals surface area contributed by atoms with Crippen LogP contribution in [0.4, 0.5) is 0 Å². The molecule has 1 aromatic heterocycles. The fourth-order valence-electron chi connectivity index (χ4n) is 1.54. The summed E-state index contributed by atoms with van der Waals surface area (Å²) in [7, 11) is 0. The second-order valence-corrected chi connectivity index (χ2v) is 4.92. The normalized spacial score (nSPS) is 12.6. The summed E-state index contributed by atoms with van der Waals surface area (Å²) in [6.45, 7) is 5.75. The number of carbonyl (C=O) groups excluding carboxylic acids is 1. The Labute approximate surface area is 112 Å². The highest BCUT2D eigenvalue weighted by Gasteiger charge is 2.17. The van der Waals surface area contributed by atoms with Crippen LogP contribution in [0.3, 0.4) is 0 Å². The second-order valence-electron chi connectivity index (χ2n) is 4.53. The summed E-state index contributed by atoms with van der Waals surface area (Å²) in [5.74, 6) is -0.0661. The van der Waals surface area contributed by atoms with Crippen LogP contribution in [0.2, 0.25) is 5.15 Å². The number of hydrogen-bond donors (Lipinski definition) is 2. The molecule has 0 bridgehead atoms. The minimum absolute atomic E-state index is 0.0805. The van der Waals surface area contributed by atoms with E-state index in [4.69, 9.17) is 11.6 Å². The predicted molar refractivity (Wildman–Crippen MR) is 71.8 cm³/mol. The van der Waals surface area contributed by atoms with Gasteiger partial charge in [0.2, 0.25) is 0 Å². The number of nitrogens with zero attached hydrogens (tertiary/aromatic N) is 1. The summed E-state index contributed by atoms with van der Waals surface area (Å²) in [4.78, 5) is 16.1. The van der Waals surface area contributed by atoms with E-state index in [2.05, 4.69) is 10.3 Å². The third-order valence-electron chi connectivity index (χ3n) is 2.79. The zero-order chi connectivity index (χ0) is 13.7. The van der Waals surface area contributed by atoms with Crippen molar-refractivity contribution >= 4 is 17.5 Å². The van der Waals surface area contributed by atoms with E-state index in [1.165, 1.54) is 6.07 Å². The minimum atomic E-state index is -0.255. The van der Waals surface area contributed by atoms with Crippen LogP contribution in [0.25, 0.3) is 0 Å². The van der Waals surface area contributed by atoms with Crippen LogP contribution in [0.1, 0.15) is 36.8 Å². The smallest absolute Gasteiger partial charge is 0.251 e. The number of pyridine rings is 1.